The summed E-state index contributed by atoms with van der Waals surface area (Å²) in [5.74, 6) is 0.875. The Morgan fingerprint density at radius 3 is 1.23 bits per heavy atom. The summed E-state index contributed by atoms with van der Waals surface area (Å²) in [6.07, 6.45) is 12.5. The molecule has 0 fully saturated rings. The zero-order chi connectivity index (χ0) is 17.8. The molecule has 0 heterocycles. The van der Waals surface area contributed by atoms with Crippen molar-refractivity contribution in [3.8, 4) is 0 Å². The van der Waals surface area contributed by atoms with Gasteiger partial charge >= 0.3 is 26.2 Å². The Kier molecular flexibility index (Phi) is 9.83. The molecule has 0 aromatic rings. The van der Waals surface area contributed by atoms with Crippen LogP contribution in [0.4, 0.5) is 0 Å². The molecule has 2 unspecified atom stereocenters. The summed E-state index contributed by atoms with van der Waals surface area (Å²) in [6, 6.07) is 0. The van der Waals surface area contributed by atoms with Crippen LogP contribution in [0.5, 0.6) is 0 Å². The maximum atomic E-state index is 3.81. The molecular weight excluding hydrogens is 408 g/mol. The summed E-state index contributed by atoms with van der Waals surface area (Å²) in [6.45, 7) is 23.5. The SMILES string of the molecule is CC1[C-]=C([Si](C)(C)C2=[C-]C(C)C=C2C(C)(C)C)C(C(C)(C)C)=C1.[CH3-].[CH3-].[Zr+4]. The Balaban J connectivity index is 0. The topological polar surface area (TPSA) is 0 Å². The van der Waals surface area contributed by atoms with Crippen molar-refractivity contribution in [2.24, 2.45) is 22.7 Å². The zero-order valence-electron chi connectivity index (χ0n) is 19.3. The first kappa shape index (κ1) is 28.3. The van der Waals surface area contributed by atoms with Crippen LogP contribution < -0.4 is 0 Å². The molecule has 0 nitrogen and oxygen atoms in total. The molecule has 0 aromatic carbocycles. The molecule has 0 radical (unpaired) electrons. The van der Waals surface area contributed by atoms with Gasteiger partial charge in [0.15, 0.2) is 0 Å². The van der Waals surface area contributed by atoms with E-state index in [1.54, 1.807) is 0 Å². The summed E-state index contributed by atoms with van der Waals surface area (Å²) in [5.41, 5.74) is 3.41. The predicted molar refractivity (Wildman–Crippen MR) is 117 cm³/mol. The fourth-order valence-electron chi connectivity index (χ4n) is 3.77. The second-order valence-corrected chi connectivity index (χ2v) is 14.2. The summed E-state index contributed by atoms with van der Waals surface area (Å²) in [7, 11) is -1.79. The molecule has 0 spiro atoms. The zero-order valence-corrected chi connectivity index (χ0v) is 22.8. The molecule has 0 aliphatic heterocycles. The second-order valence-electron chi connectivity index (χ2n) is 9.90. The van der Waals surface area contributed by atoms with E-state index in [0.717, 1.165) is 0 Å². The molecule has 0 bridgehead atoms. The van der Waals surface area contributed by atoms with Gasteiger partial charge in [-0.1, -0.05) is 91.1 Å². The normalized spacial score (nSPS) is 23.0. The van der Waals surface area contributed by atoms with Crippen molar-refractivity contribution in [1.29, 1.82) is 0 Å². The van der Waals surface area contributed by atoms with Gasteiger partial charge in [0.1, 0.15) is 0 Å². The summed E-state index contributed by atoms with van der Waals surface area (Å²) in [5, 5.41) is 3.04. The number of allylic oxidation sites excluding steroid dienone is 8. The quantitative estimate of drug-likeness (QED) is 0.306. The Hall–Kier alpha value is 0.0600. The summed E-state index contributed by atoms with van der Waals surface area (Å²) >= 11 is 0. The van der Waals surface area contributed by atoms with Crippen LogP contribution in [0.15, 0.2) is 33.7 Å². The number of hydrogen-bond acceptors (Lipinski definition) is 0. The Bertz CT molecular complexity index is 562. The molecule has 2 heteroatoms. The van der Waals surface area contributed by atoms with E-state index in [1.165, 1.54) is 21.5 Å². The summed E-state index contributed by atoms with van der Waals surface area (Å²) < 4.78 is 0. The van der Waals surface area contributed by atoms with Gasteiger partial charge < -0.3 is 14.9 Å². The maximum Gasteiger partial charge on any atom is 4.00 e. The van der Waals surface area contributed by atoms with Crippen LogP contribution in [0.2, 0.25) is 13.1 Å². The molecule has 2 rings (SSSR count). The molecular formula is C24H40SiZr. The van der Waals surface area contributed by atoms with E-state index in [2.05, 4.69) is 92.8 Å². The van der Waals surface area contributed by atoms with Crippen molar-refractivity contribution >= 4 is 8.07 Å². The van der Waals surface area contributed by atoms with Gasteiger partial charge in [0.25, 0.3) is 0 Å². The van der Waals surface area contributed by atoms with Crippen LogP contribution >= 0.6 is 0 Å². The first-order valence-electron chi connectivity index (χ1n) is 8.98. The second kappa shape index (κ2) is 9.04. The molecule has 0 amide bonds. The molecule has 0 N–H and O–H groups in total. The molecule has 2 aliphatic carbocycles. The van der Waals surface area contributed by atoms with Gasteiger partial charge in [-0.15, -0.1) is 0 Å². The Morgan fingerprint density at radius 1 is 0.731 bits per heavy atom. The Morgan fingerprint density at radius 2 is 1.00 bits per heavy atom. The molecule has 0 saturated carbocycles. The monoisotopic (exact) mass is 446 g/mol. The van der Waals surface area contributed by atoms with Gasteiger partial charge in [-0.05, 0) is 0 Å². The van der Waals surface area contributed by atoms with Crippen LogP contribution in [0.3, 0.4) is 0 Å². The summed E-state index contributed by atoms with van der Waals surface area (Å²) in [4.78, 5) is 0. The van der Waals surface area contributed by atoms with Gasteiger partial charge in [-0.2, -0.15) is 23.3 Å². The molecule has 0 saturated heterocycles. The van der Waals surface area contributed by atoms with Crippen molar-refractivity contribution in [3.63, 3.8) is 0 Å². The van der Waals surface area contributed by atoms with Gasteiger partial charge in [0, 0.05) is 8.07 Å². The van der Waals surface area contributed by atoms with Crippen LogP contribution in [0, 0.1) is 49.7 Å². The van der Waals surface area contributed by atoms with E-state index in [-0.39, 0.29) is 51.9 Å². The van der Waals surface area contributed by atoms with E-state index in [0.29, 0.717) is 11.8 Å². The molecule has 0 aromatic heterocycles. The van der Waals surface area contributed by atoms with Gasteiger partial charge in [-0.3, -0.25) is 12.2 Å². The minimum atomic E-state index is -1.79. The van der Waals surface area contributed by atoms with Crippen LogP contribution in [0.1, 0.15) is 55.4 Å². The van der Waals surface area contributed by atoms with Gasteiger partial charge in [-0.25, -0.2) is 10.4 Å². The number of hydrogen-bond donors (Lipinski definition) is 0. The molecule has 2 aliphatic rings. The third kappa shape index (κ3) is 5.54. The Labute approximate surface area is 185 Å². The molecule has 26 heavy (non-hydrogen) atoms. The average Bonchev–Trinajstić information content (AvgIpc) is 2.91. The van der Waals surface area contributed by atoms with E-state index < -0.39 is 8.07 Å². The fraction of sp³-hybridized carbons (Fsp3) is 0.583. The first-order chi connectivity index (χ1) is 10.2. The van der Waals surface area contributed by atoms with Crippen molar-refractivity contribution in [2.75, 3.05) is 0 Å². The van der Waals surface area contributed by atoms with Crippen LogP contribution in [-0.2, 0) is 26.2 Å². The van der Waals surface area contributed by atoms with Gasteiger partial charge in [0.2, 0.25) is 0 Å². The van der Waals surface area contributed by atoms with Crippen molar-refractivity contribution in [2.45, 2.75) is 68.5 Å². The van der Waals surface area contributed by atoms with E-state index in [9.17, 15) is 0 Å². The van der Waals surface area contributed by atoms with Gasteiger partial charge in [0.05, 0.1) is 0 Å². The van der Waals surface area contributed by atoms with Crippen molar-refractivity contribution in [1.82, 2.24) is 0 Å². The minimum Gasteiger partial charge on any atom is -0.358 e. The van der Waals surface area contributed by atoms with E-state index in [1.807, 2.05) is 0 Å². The standard InChI is InChI=1S/C22H34Si.2CH3.Zr/c1-15-11-17(21(3,4)5)19(13-15)23(9,10)20-14-16(2)12-18(20)22(6,7)8;;;/h11-12,15-16H,1-10H3;2*1H3;/q-2;2*-1;+4. The largest absolute Gasteiger partial charge is 4.00 e. The first-order valence-corrected chi connectivity index (χ1v) is 12.0. The third-order valence-electron chi connectivity index (χ3n) is 4.98. The third-order valence-corrected chi connectivity index (χ3v) is 8.31. The van der Waals surface area contributed by atoms with Crippen molar-refractivity contribution < 1.29 is 26.2 Å². The smallest absolute Gasteiger partial charge is 0.358 e. The van der Waals surface area contributed by atoms with E-state index >= 15 is 0 Å². The van der Waals surface area contributed by atoms with Crippen LogP contribution in [-0.4, -0.2) is 8.07 Å². The average molecular weight is 448 g/mol. The maximum absolute atomic E-state index is 3.81. The van der Waals surface area contributed by atoms with Crippen molar-refractivity contribution in [3.05, 3.63) is 60.7 Å². The predicted octanol–water partition coefficient (Wildman–Crippen LogP) is 7.37. The minimum absolute atomic E-state index is 0. The fourth-order valence-corrected chi connectivity index (χ4v) is 7.46. The number of rotatable bonds is 2. The molecule has 144 valence electrons. The molecule has 2 atom stereocenters. The van der Waals surface area contributed by atoms with E-state index in [4.69, 9.17) is 0 Å². The van der Waals surface area contributed by atoms with Crippen LogP contribution in [0.25, 0.3) is 0 Å².